The number of non-ortho nitro benzene ring substituents is 1. The number of benzene rings is 3. The summed E-state index contributed by atoms with van der Waals surface area (Å²) in [6.07, 6.45) is 0. The summed E-state index contributed by atoms with van der Waals surface area (Å²) in [5.41, 5.74) is 3.10. The number of amides is 1. The van der Waals surface area contributed by atoms with Crippen molar-refractivity contribution >= 4 is 49.8 Å². The van der Waals surface area contributed by atoms with E-state index in [1.54, 1.807) is 24.3 Å². The monoisotopic (exact) mass is 515 g/mol. The smallest absolute Gasteiger partial charge is 0.301 e. The number of rotatable bonds is 5. The fraction of sp³-hybridized carbons (Fsp3) is 0.148. The second-order valence-corrected chi connectivity index (χ2v) is 9.68. The number of fused-ring (bicyclic) bond motifs is 1. The van der Waals surface area contributed by atoms with Crippen molar-refractivity contribution in [1.29, 1.82) is 0 Å². The number of ketones is 1. The molecule has 9 nitrogen and oxygen atoms in total. The number of carbonyl (C=O) groups excluding carboxylic acids is 2. The molecule has 3 aromatic carbocycles. The Hall–Kier alpha value is -4.57. The van der Waals surface area contributed by atoms with Gasteiger partial charge in [-0.25, -0.2) is 4.98 Å². The molecule has 2 heterocycles. The zero-order valence-electron chi connectivity index (χ0n) is 20.1. The maximum Gasteiger partial charge on any atom is 0.301 e. The molecule has 10 heteroatoms. The van der Waals surface area contributed by atoms with E-state index in [1.165, 1.54) is 47.6 Å². The summed E-state index contributed by atoms with van der Waals surface area (Å²) >= 11 is 1.26. The molecule has 0 unspecified atom stereocenters. The number of nitro benzene ring substituents is 1. The number of hydrogen-bond donors (Lipinski definition) is 1. The molecule has 1 atom stereocenters. The number of nitro groups is 1. The van der Waals surface area contributed by atoms with Crippen LogP contribution in [0.2, 0.25) is 0 Å². The largest absolute Gasteiger partial charge is 0.507 e. The number of hydrogen-bond acceptors (Lipinski definition) is 8. The van der Waals surface area contributed by atoms with Crippen molar-refractivity contribution in [3.8, 4) is 5.75 Å². The lowest BCUT2D eigenvalue weighted by atomic mass is 9.95. The number of nitrogens with zero attached hydrogens (tertiary/aromatic N) is 3. The molecular weight excluding hydrogens is 494 g/mol. The summed E-state index contributed by atoms with van der Waals surface area (Å²) in [5, 5.41) is 22.8. The summed E-state index contributed by atoms with van der Waals surface area (Å²) in [6, 6.07) is 14.9. The Morgan fingerprint density at radius 2 is 1.84 bits per heavy atom. The number of Topliss-reactive ketones (excluding diaryl/α,β-unsaturated/α-hetero) is 1. The van der Waals surface area contributed by atoms with Crippen LogP contribution < -0.4 is 9.64 Å². The van der Waals surface area contributed by atoms with Gasteiger partial charge in [-0.15, -0.1) is 0 Å². The van der Waals surface area contributed by atoms with E-state index in [2.05, 4.69) is 4.98 Å². The molecule has 0 saturated carbocycles. The van der Waals surface area contributed by atoms with Gasteiger partial charge >= 0.3 is 5.91 Å². The first kappa shape index (κ1) is 24.1. The zero-order valence-corrected chi connectivity index (χ0v) is 20.9. The van der Waals surface area contributed by atoms with Crippen LogP contribution >= 0.6 is 11.3 Å². The number of thiazole rings is 1. The minimum atomic E-state index is -1.05. The van der Waals surface area contributed by atoms with Crippen molar-refractivity contribution < 1.29 is 24.4 Å². The molecule has 0 bridgehead atoms. The van der Waals surface area contributed by atoms with E-state index in [4.69, 9.17) is 4.74 Å². The third kappa shape index (κ3) is 4.11. The number of aromatic nitrogens is 1. The Labute approximate surface area is 215 Å². The van der Waals surface area contributed by atoms with Crippen molar-refractivity contribution in [3.05, 3.63) is 98.6 Å². The van der Waals surface area contributed by atoms with Crippen LogP contribution in [0.4, 0.5) is 10.8 Å². The van der Waals surface area contributed by atoms with Gasteiger partial charge in [-0.1, -0.05) is 29.5 Å². The van der Waals surface area contributed by atoms with Crippen LogP contribution in [-0.2, 0) is 9.59 Å². The Morgan fingerprint density at radius 1 is 1.11 bits per heavy atom. The molecule has 1 N–H and O–H groups in total. The molecule has 186 valence electrons. The van der Waals surface area contributed by atoms with E-state index in [9.17, 15) is 24.8 Å². The molecule has 0 radical (unpaired) electrons. The molecule has 5 rings (SSSR count). The fourth-order valence-corrected chi connectivity index (χ4v) is 5.68. The molecule has 1 amide bonds. The normalized spacial score (nSPS) is 16.9. The highest BCUT2D eigenvalue weighted by Gasteiger charge is 2.48. The van der Waals surface area contributed by atoms with Crippen molar-refractivity contribution in [2.45, 2.75) is 19.9 Å². The van der Waals surface area contributed by atoms with E-state index in [1.807, 2.05) is 26.0 Å². The highest BCUT2D eigenvalue weighted by atomic mass is 32.1. The number of carbonyl (C=O) groups is 2. The summed E-state index contributed by atoms with van der Waals surface area (Å²) in [4.78, 5) is 43.4. The molecule has 1 saturated heterocycles. The van der Waals surface area contributed by atoms with Gasteiger partial charge in [0.1, 0.15) is 11.5 Å². The van der Waals surface area contributed by atoms with Crippen molar-refractivity contribution in [2.24, 2.45) is 0 Å². The van der Waals surface area contributed by atoms with Gasteiger partial charge in [0, 0.05) is 17.7 Å². The van der Waals surface area contributed by atoms with E-state index >= 15 is 0 Å². The number of aryl methyl sites for hydroxylation is 2. The lowest BCUT2D eigenvalue weighted by Gasteiger charge is -2.23. The Morgan fingerprint density at radius 3 is 2.51 bits per heavy atom. The van der Waals surface area contributed by atoms with Crippen LogP contribution in [0.5, 0.6) is 5.75 Å². The second kappa shape index (κ2) is 9.14. The van der Waals surface area contributed by atoms with Gasteiger partial charge in [-0.3, -0.25) is 24.6 Å². The first-order chi connectivity index (χ1) is 17.7. The molecular formula is C27H21N3O6S. The number of aliphatic hydroxyl groups is 1. The number of ether oxygens (including phenoxy) is 1. The quantitative estimate of drug-likeness (QED) is 0.123. The topological polar surface area (TPSA) is 123 Å². The van der Waals surface area contributed by atoms with Crippen LogP contribution in [0.1, 0.15) is 28.3 Å². The summed E-state index contributed by atoms with van der Waals surface area (Å²) in [5.74, 6) is -1.64. The maximum atomic E-state index is 13.4. The van der Waals surface area contributed by atoms with Crippen LogP contribution in [0.3, 0.4) is 0 Å². The van der Waals surface area contributed by atoms with Gasteiger partial charge in [0.15, 0.2) is 5.13 Å². The average molecular weight is 516 g/mol. The van der Waals surface area contributed by atoms with Crippen LogP contribution in [0.25, 0.3) is 16.0 Å². The lowest BCUT2D eigenvalue weighted by molar-refractivity contribution is -0.384. The molecule has 0 spiro atoms. The van der Waals surface area contributed by atoms with Crippen molar-refractivity contribution in [1.82, 2.24) is 4.98 Å². The highest BCUT2D eigenvalue weighted by Crippen LogP contribution is 2.45. The van der Waals surface area contributed by atoms with Gasteiger partial charge in [0.05, 0.1) is 33.9 Å². The molecule has 0 aliphatic carbocycles. The molecule has 1 aliphatic rings. The molecule has 4 aromatic rings. The third-order valence-corrected chi connectivity index (χ3v) is 7.23. The highest BCUT2D eigenvalue weighted by molar-refractivity contribution is 7.22. The predicted octanol–water partition coefficient (Wildman–Crippen LogP) is 5.46. The van der Waals surface area contributed by atoms with E-state index in [0.717, 1.165) is 15.8 Å². The zero-order chi connectivity index (χ0) is 26.4. The minimum Gasteiger partial charge on any atom is -0.507 e. The third-order valence-electron chi connectivity index (χ3n) is 6.23. The van der Waals surface area contributed by atoms with Crippen LogP contribution in [0.15, 0.2) is 66.2 Å². The van der Waals surface area contributed by atoms with Gasteiger partial charge in [0.2, 0.25) is 0 Å². The first-order valence-corrected chi connectivity index (χ1v) is 12.1. The molecule has 1 aliphatic heterocycles. The van der Waals surface area contributed by atoms with E-state index < -0.39 is 22.7 Å². The van der Waals surface area contributed by atoms with Crippen LogP contribution in [-0.4, -0.2) is 33.8 Å². The summed E-state index contributed by atoms with van der Waals surface area (Å²) in [6.45, 7) is 3.88. The van der Waals surface area contributed by atoms with Crippen molar-refractivity contribution in [3.63, 3.8) is 0 Å². The molecule has 1 aromatic heterocycles. The molecule has 37 heavy (non-hydrogen) atoms. The van der Waals surface area contributed by atoms with Gasteiger partial charge in [-0.2, -0.15) is 0 Å². The molecule has 1 fully saturated rings. The number of methoxy groups -OCH3 is 1. The van der Waals surface area contributed by atoms with Crippen molar-refractivity contribution in [2.75, 3.05) is 12.0 Å². The van der Waals surface area contributed by atoms with E-state index in [-0.39, 0.29) is 17.0 Å². The fourth-order valence-electron chi connectivity index (χ4n) is 4.51. The summed E-state index contributed by atoms with van der Waals surface area (Å²) < 4.78 is 6.09. The average Bonchev–Trinajstić information content (AvgIpc) is 3.42. The lowest BCUT2D eigenvalue weighted by Crippen LogP contribution is -2.29. The van der Waals surface area contributed by atoms with Crippen LogP contribution in [0, 0.1) is 24.0 Å². The Bertz CT molecular complexity index is 1620. The van der Waals surface area contributed by atoms with Gasteiger partial charge in [-0.05, 0) is 60.9 Å². The SMILES string of the molecule is COc1cccc(C(O)=C2C(=O)C(=O)N(c3nc4c(C)cc(C)cc4s3)[C@H]2c2ccc([N+](=O)[O-])cc2)c1. The van der Waals surface area contributed by atoms with Gasteiger partial charge < -0.3 is 9.84 Å². The Balaban J connectivity index is 1.74. The maximum absolute atomic E-state index is 13.4. The standard InChI is InChI=1S/C27H21N3O6S/c1-14-11-15(2)22-20(12-14)37-27(28-22)29-23(16-7-9-18(10-8-16)30(34)35)21(25(32)26(29)33)24(31)17-5-4-6-19(13-17)36-3/h4-13,23,31H,1-3H3/t23-/m0/s1. The second-order valence-electron chi connectivity index (χ2n) is 8.67. The van der Waals surface area contributed by atoms with Gasteiger partial charge in [0.25, 0.3) is 11.5 Å². The Kier molecular flexibility index (Phi) is 5.96. The van der Waals surface area contributed by atoms with E-state index in [0.29, 0.717) is 27.5 Å². The first-order valence-electron chi connectivity index (χ1n) is 11.3. The summed E-state index contributed by atoms with van der Waals surface area (Å²) in [7, 11) is 1.48. The number of aliphatic hydroxyl groups excluding tert-OH is 1. The minimum absolute atomic E-state index is 0.139. The number of anilines is 1. The predicted molar refractivity (Wildman–Crippen MR) is 140 cm³/mol.